The summed E-state index contributed by atoms with van der Waals surface area (Å²) in [5.41, 5.74) is 7.04. The van der Waals surface area contributed by atoms with E-state index in [0.717, 1.165) is 24.2 Å². The maximum Gasteiger partial charge on any atom is 0.423 e. The first-order valence-corrected chi connectivity index (χ1v) is 9.29. The van der Waals surface area contributed by atoms with Gasteiger partial charge in [-0.15, -0.1) is 0 Å². The van der Waals surface area contributed by atoms with Crippen molar-refractivity contribution in [2.24, 2.45) is 0 Å². The van der Waals surface area contributed by atoms with E-state index in [2.05, 4.69) is 48.4 Å². The first-order valence-electron chi connectivity index (χ1n) is 9.29. The van der Waals surface area contributed by atoms with Gasteiger partial charge in [0.15, 0.2) is 0 Å². The van der Waals surface area contributed by atoms with Crippen LogP contribution in [0.2, 0.25) is 0 Å². The Kier molecular flexibility index (Phi) is 4.23. The molecule has 6 nitrogen and oxygen atoms in total. The van der Waals surface area contributed by atoms with E-state index in [9.17, 15) is 9.90 Å². The van der Waals surface area contributed by atoms with Crippen LogP contribution in [0.3, 0.4) is 0 Å². The van der Waals surface area contributed by atoms with E-state index in [1.54, 1.807) is 5.01 Å². The van der Waals surface area contributed by atoms with Gasteiger partial charge in [0.05, 0.1) is 18.4 Å². The summed E-state index contributed by atoms with van der Waals surface area (Å²) in [5, 5.41) is 11.0. The number of hydrogen-bond acceptors (Lipinski definition) is 4. The lowest BCUT2D eigenvalue weighted by molar-refractivity contribution is 0.193. The molecule has 1 saturated heterocycles. The number of nitrogens with zero attached hydrogens (tertiary/aromatic N) is 3. The first-order chi connectivity index (χ1) is 12.9. The molecule has 2 aliphatic rings. The maximum atomic E-state index is 11.4. The predicted molar refractivity (Wildman–Crippen MR) is 107 cm³/mol. The van der Waals surface area contributed by atoms with Crippen LogP contribution in [0.4, 0.5) is 16.2 Å². The van der Waals surface area contributed by atoms with Crippen molar-refractivity contribution in [1.82, 2.24) is 10.3 Å². The van der Waals surface area contributed by atoms with Crippen molar-refractivity contribution >= 4 is 17.5 Å². The lowest BCUT2D eigenvalue weighted by Crippen LogP contribution is -2.45. The molecule has 1 unspecified atom stereocenters. The third kappa shape index (κ3) is 2.90. The van der Waals surface area contributed by atoms with Gasteiger partial charge in [0.2, 0.25) is 0 Å². The Labute approximate surface area is 160 Å². The summed E-state index contributed by atoms with van der Waals surface area (Å²) in [6.45, 7) is 3.86. The lowest BCUT2D eigenvalue weighted by Gasteiger charge is -2.32. The molecule has 2 atom stereocenters. The van der Waals surface area contributed by atoms with E-state index in [1.807, 2.05) is 36.4 Å². The summed E-state index contributed by atoms with van der Waals surface area (Å²) < 4.78 is 0. The highest BCUT2D eigenvalue weighted by Crippen LogP contribution is 2.51. The van der Waals surface area contributed by atoms with Crippen LogP contribution in [0.1, 0.15) is 24.5 Å². The fourth-order valence-corrected chi connectivity index (χ4v) is 4.81. The van der Waals surface area contributed by atoms with Crippen molar-refractivity contribution in [3.63, 3.8) is 0 Å². The average molecular weight is 366 g/mol. The number of anilines is 2. The normalized spacial score (nSPS) is 23.8. The van der Waals surface area contributed by atoms with Gasteiger partial charge in [-0.3, -0.25) is 9.91 Å². The van der Waals surface area contributed by atoms with Gasteiger partial charge < -0.3 is 10.0 Å². The standard InChI is InChI=1S/C21H26N4O2/c1-21-11-12-23(2)19(21)24(3)18-10-9-16(13-17(18)21)25(22-20(26)27)14-15-7-5-4-6-8-15/h4-10,13,19,22H,11-12,14H2,1-3H3,(H,26,27)/t19?,21-/m0/s1. The molecule has 2 aliphatic heterocycles. The SMILES string of the molecule is CN1CC[C@@]2(C)c3cc(N(Cc4ccccc4)NC(=O)O)ccc3N(C)C12. The van der Waals surface area contributed by atoms with Crippen molar-refractivity contribution in [2.75, 3.05) is 30.5 Å². The van der Waals surface area contributed by atoms with Crippen LogP contribution >= 0.6 is 0 Å². The molecule has 2 aromatic carbocycles. The van der Waals surface area contributed by atoms with E-state index in [0.29, 0.717) is 12.7 Å². The molecule has 0 radical (unpaired) electrons. The molecule has 27 heavy (non-hydrogen) atoms. The van der Waals surface area contributed by atoms with Crippen molar-refractivity contribution in [3.05, 3.63) is 59.7 Å². The number of likely N-dealkylation sites (tertiary alicyclic amines) is 1. The summed E-state index contributed by atoms with van der Waals surface area (Å²) in [4.78, 5) is 16.1. The van der Waals surface area contributed by atoms with Crippen LogP contribution in [0, 0.1) is 0 Å². The molecule has 1 amide bonds. The molecule has 0 spiro atoms. The summed E-state index contributed by atoms with van der Waals surface area (Å²) in [6.07, 6.45) is 0.381. The summed E-state index contributed by atoms with van der Waals surface area (Å²) in [7, 11) is 4.32. The third-order valence-corrected chi connectivity index (χ3v) is 6.04. The van der Waals surface area contributed by atoms with Gasteiger partial charge in [0.1, 0.15) is 0 Å². The Bertz CT molecular complexity index is 857. The quantitative estimate of drug-likeness (QED) is 0.814. The lowest BCUT2D eigenvalue weighted by atomic mass is 9.81. The Morgan fingerprint density at radius 3 is 2.70 bits per heavy atom. The zero-order chi connectivity index (χ0) is 19.2. The van der Waals surface area contributed by atoms with Crippen LogP contribution in [-0.4, -0.2) is 42.9 Å². The molecule has 6 heteroatoms. The topological polar surface area (TPSA) is 59.1 Å². The van der Waals surface area contributed by atoms with Gasteiger partial charge in [-0.2, -0.15) is 0 Å². The van der Waals surface area contributed by atoms with Crippen LogP contribution in [-0.2, 0) is 12.0 Å². The molecular weight excluding hydrogens is 340 g/mol. The summed E-state index contributed by atoms with van der Waals surface area (Å²) in [5.74, 6) is 0. The minimum Gasteiger partial charge on any atom is -0.464 e. The number of carboxylic acid groups (broad SMARTS) is 1. The number of nitrogens with one attached hydrogen (secondary N) is 1. The fraction of sp³-hybridized carbons (Fsp3) is 0.381. The Balaban J connectivity index is 1.71. The second-order valence-electron chi connectivity index (χ2n) is 7.82. The van der Waals surface area contributed by atoms with Crippen molar-refractivity contribution < 1.29 is 9.90 Å². The van der Waals surface area contributed by atoms with Crippen molar-refractivity contribution in [1.29, 1.82) is 0 Å². The van der Waals surface area contributed by atoms with E-state index in [1.165, 1.54) is 11.3 Å². The second kappa shape index (κ2) is 6.46. The van der Waals surface area contributed by atoms with Crippen LogP contribution in [0.15, 0.2) is 48.5 Å². The highest BCUT2D eigenvalue weighted by atomic mass is 16.4. The van der Waals surface area contributed by atoms with E-state index >= 15 is 0 Å². The van der Waals surface area contributed by atoms with Gasteiger partial charge in [-0.1, -0.05) is 37.3 Å². The minimum atomic E-state index is -1.06. The van der Waals surface area contributed by atoms with Crippen molar-refractivity contribution in [2.45, 2.75) is 31.5 Å². The van der Waals surface area contributed by atoms with Gasteiger partial charge in [0.25, 0.3) is 0 Å². The highest BCUT2D eigenvalue weighted by molar-refractivity contribution is 5.72. The molecule has 142 valence electrons. The highest BCUT2D eigenvalue weighted by Gasteiger charge is 2.52. The largest absolute Gasteiger partial charge is 0.464 e. The minimum absolute atomic E-state index is 0.0521. The van der Waals surface area contributed by atoms with Crippen LogP contribution in [0.25, 0.3) is 0 Å². The zero-order valence-electron chi connectivity index (χ0n) is 16.0. The molecule has 0 bridgehead atoms. The summed E-state index contributed by atoms with van der Waals surface area (Å²) >= 11 is 0. The molecule has 4 rings (SSSR count). The molecule has 2 N–H and O–H groups in total. The first kappa shape index (κ1) is 17.7. The van der Waals surface area contributed by atoms with E-state index in [-0.39, 0.29) is 5.41 Å². The van der Waals surface area contributed by atoms with Gasteiger partial charge in [-0.25, -0.2) is 10.2 Å². The van der Waals surface area contributed by atoms with Gasteiger partial charge in [-0.05, 0) is 42.8 Å². The monoisotopic (exact) mass is 366 g/mol. The molecule has 0 saturated carbocycles. The van der Waals surface area contributed by atoms with E-state index in [4.69, 9.17) is 0 Å². The molecule has 2 aromatic rings. The number of hydrazine groups is 1. The number of rotatable bonds is 4. The Hall–Kier alpha value is -2.73. The number of carbonyl (C=O) groups is 1. The average Bonchev–Trinajstić information content (AvgIpc) is 3.07. The van der Waals surface area contributed by atoms with Gasteiger partial charge >= 0.3 is 6.09 Å². The van der Waals surface area contributed by atoms with Crippen molar-refractivity contribution in [3.8, 4) is 0 Å². The number of fused-ring (bicyclic) bond motifs is 3. The van der Waals surface area contributed by atoms with E-state index < -0.39 is 6.09 Å². The predicted octanol–water partition coefficient (Wildman–Crippen LogP) is 3.24. The second-order valence-corrected chi connectivity index (χ2v) is 7.82. The van der Waals surface area contributed by atoms with Crippen LogP contribution < -0.4 is 15.3 Å². The molecule has 2 heterocycles. The number of likely N-dealkylation sites (N-methyl/N-ethyl adjacent to an activating group) is 2. The molecule has 0 aliphatic carbocycles. The Morgan fingerprint density at radius 1 is 1.26 bits per heavy atom. The smallest absolute Gasteiger partial charge is 0.423 e. The molecular formula is C21H26N4O2. The van der Waals surface area contributed by atoms with Crippen LogP contribution in [0.5, 0.6) is 0 Å². The molecule has 1 fully saturated rings. The molecule has 0 aromatic heterocycles. The van der Waals surface area contributed by atoms with Gasteiger partial charge in [0, 0.05) is 24.7 Å². The number of benzene rings is 2. The zero-order valence-corrected chi connectivity index (χ0v) is 16.0. The number of amides is 1. The maximum absolute atomic E-state index is 11.4. The third-order valence-electron chi connectivity index (χ3n) is 6.04. The fourth-order valence-electron chi connectivity index (χ4n) is 4.81. The number of hydrogen-bond donors (Lipinski definition) is 2. The Morgan fingerprint density at radius 2 is 2.00 bits per heavy atom. The summed E-state index contributed by atoms with van der Waals surface area (Å²) in [6, 6.07) is 16.2.